The van der Waals surface area contributed by atoms with Crippen molar-refractivity contribution in [3.8, 4) is 0 Å². The third-order valence-corrected chi connectivity index (χ3v) is 3.83. The minimum Gasteiger partial charge on any atom is -0.391 e. The van der Waals surface area contributed by atoms with Crippen molar-refractivity contribution in [3.05, 3.63) is 35.4 Å². The second kappa shape index (κ2) is 5.41. The maximum atomic E-state index is 10.2. The highest BCUT2D eigenvalue weighted by molar-refractivity contribution is 5.28. The van der Waals surface area contributed by atoms with E-state index in [1.54, 1.807) is 0 Å². The van der Waals surface area contributed by atoms with Crippen molar-refractivity contribution in [2.45, 2.75) is 57.6 Å². The molecule has 2 N–H and O–H groups in total. The van der Waals surface area contributed by atoms with Crippen molar-refractivity contribution in [1.29, 1.82) is 0 Å². The number of rotatable bonds is 3. The molecule has 0 aliphatic carbocycles. The van der Waals surface area contributed by atoms with Gasteiger partial charge in [0.2, 0.25) is 0 Å². The Kier molecular flexibility index (Phi) is 4.08. The Hall–Kier alpha value is -0.860. The average Bonchev–Trinajstić information content (AvgIpc) is 2.82. The van der Waals surface area contributed by atoms with Crippen LogP contribution in [0, 0.1) is 0 Å². The Morgan fingerprint density at radius 3 is 2.44 bits per heavy atom. The highest BCUT2D eigenvalue weighted by Gasteiger charge is 2.22. The van der Waals surface area contributed by atoms with Crippen molar-refractivity contribution in [2.24, 2.45) is 0 Å². The van der Waals surface area contributed by atoms with Crippen molar-refractivity contribution >= 4 is 0 Å². The summed E-state index contributed by atoms with van der Waals surface area (Å²) in [6.45, 7) is 7.71. The fraction of sp³-hybridized carbons (Fsp3) is 0.625. The highest BCUT2D eigenvalue weighted by Crippen LogP contribution is 2.23. The molecule has 0 saturated carbocycles. The summed E-state index contributed by atoms with van der Waals surface area (Å²) in [5, 5.41) is 13.5. The minimum absolute atomic E-state index is 0.199. The second-order valence-electron chi connectivity index (χ2n) is 6.42. The van der Waals surface area contributed by atoms with Crippen LogP contribution in [0.4, 0.5) is 0 Å². The van der Waals surface area contributed by atoms with Gasteiger partial charge >= 0.3 is 0 Å². The first-order valence-electron chi connectivity index (χ1n) is 6.98. The summed E-state index contributed by atoms with van der Waals surface area (Å²) in [7, 11) is 0. The molecule has 1 saturated heterocycles. The zero-order valence-electron chi connectivity index (χ0n) is 11.7. The molecule has 100 valence electrons. The SMILES string of the molecule is CC(C)(C)c1ccc(CC(O)C2CCCN2)cc1. The molecular formula is C16H25NO. The van der Waals surface area contributed by atoms with Gasteiger partial charge in [-0.05, 0) is 42.3 Å². The van der Waals surface area contributed by atoms with Gasteiger partial charge in [0, 0.05) is 6.04 Å². The van der Waals surface area contributed by atoms with Gasteiger partial charge in [-0.15, -0.1) is 0 Å². The van der Waals surface area contributed by atoms with E-state index in [2.05, 4.69) is 50.4 Å². The number of nitrogens with one attached hydrogen (secondary N) is 1. The number of aliphatic hydroxyl groups is 1. The van der Waals surface area contributed by atoms with Gasteiger partial charge in [-0.1, -0.05) is 45.0 Å². The molecule has 0 amide bonds. The molecule has 2 rings (SSSR count). The van der Waals surface area contributed by atoms with Crippen LogP contribution in [0.3, 0.4) is 0 Å². The summed E-state index contributed by atoms with van der Waals surface area (Å²) in [6, 6.07) is 8.96. The Morgan fingerprint density at radius 2 is 1.94 bits per heavy atom. The van der Waals surface area contributed by atoms with E-state index in [1.807, 2.05) is 0 Å². The first kappa shape index (κ1) is 13.6. The molecule has 2 unspecified atom stereocenters. The molecule has 0 spiro atoms. The smallest absolute Gasteiger partial charge is 0.0733 e. The van der Waals surface area contributed by atoms with Crippen LogP contribution in [0.15, 0.2) is 24.3 Å². The lowest BCUT2D eigenvalue weighted by atomic mass is 9.86. The van der Waals surface area contributed by atoms with E-state index in [0.29, 0.717) is 0 Å². The van der Waals surface area contributed by atoms with Gasteiger partial charge < -0.3 is 10.4 Å². The average molecular weight is 247 g/mol. The Balaban J connectivity index is 1.97. The van der Waals surface area contributed by atoms with E-state index in [4.69, 9.17) is 0 Å². The Labute approximate surface area is 110 Å². The van der Waals surface area contributed by atoms with E-state index in [1.165, 1.54) is 17.5 Å². The predicted molar refractivity (Wildman–Crippen MR) is 75.9 cm³/mol. The third kappa shape index (κ3) is 3.33. The number of hydrogen-bond donors (Lipinski definition) is 2. The van der Waals surface area contributed by atoms with Gasteiger partial charge in [0.1, 0.15) is 0 Å². The molecule has 1 aliphatic rings. The monoisotopic (exact) mass is 247 g/mol. The lowest BCUT2D eigenvalue weighted by Gasteiger charge is -2.21. The molecule has 1 fully saturated rings. The third-order valence-electron chi connectivity index (χ3n) is 3.83. The van der Waals surface area contributed by atoms with Crippen LogP contribution in [-0.4, -0.2) is 23.8 Å². The van der Waals surface area contributed by atoms with Gasteiger partial charge in [-0.3, -0.25) is 0 Å². The summed E-state index contributed by atoms with van der Waals surface area (Å²) in [5.74, 6) is 0. The number of aliphatic hydroxyl groups excluding tert-OH is 1. The molecule has 0 radical (unpaired) electrons. The second-order valence-corrected chi connectivity index (χ2v) is 6.42. The standard InChI is InChI=1S/C16H25NO/c1-16(2,3)13-8-6-12(7-9-13)11-15(18)14-5-4-10-17-14/h6-9,14-15,17-18H,4-5,10-11H2,1-3H3. The summed E-state index contributed by atoms with van der Waals surface area (Å²) in [5.41, 5.74) is 2.77. The fourth-order valence-corrected chi connectivity index (χ4v) is 2.56. The van der Waals surface area contributed by atoms with Gasteiger partial charge in [0.05, 0.1) is 6.10 Å². The van der Waals surface area contributed by atoms with Crippen LogP contribution in [0.2, 0.25) is 0 Å². The molecule has 1 aliphatic heterocycles. The quantitative estimate of drug-likeness (QED) is 0.860. The lowest BCUT2D eigenvalue weighted by Crippen LogP contribution is -2.36. The maximum Gasteiger partial charge on any atom is 0.0733 e. The van der Waals surface area contributed by atoms with E-state index >= 15 is 0 Å². The fourth-order valence-electron chi connectivity index (χ4n) is 2.56. The van der Waals surface area contributed by atoms with E-state index in [0.717, 1.165) is 19.4 Å². The first-order valence-corrected chi connectivity index (χ1v) is 6.98. The van der Waals surface area contributed by atoms with Crippen LogP contribution in [0.25, 0.3) is 0 Å². The molecule has 1 heterocycles. The molecule has 1 aromatic carbocycles. The lowest BCUT2D eigenvalue weighted by molar-refractivity contribution is 0.136. The van der Waals surface area contributed by atoms with E-state index in [9.17, 15) is 5.11 Å². The van der Waals surface area contributed by atoms with Gasteiger partial charge in [-0.2, -0.15) is 0 Å². The molecule has 2 nitrogen and oxygen atoms in total. The van der Waals surface area contributed by atoms with Crippen molar-refractivity contribution < 1.29 is 5.11 Å². The first-order chi connectivity index (χ1) is 8.47. The van der Waals surface area contributed by atoms with Gasteiger partial charge in [-0.25, -0.2) is 0 Å². The molecular weight excluding hydrogens is 222 g/mol. The van der Waals surface area contributed by atoms with Gasteiger partial charge in [0.25, 0.3) is 0 Å². The summed E-state index contributed by atoms with van der Waals surface area (Å²) in [4.78, 5) is 0. The highest BCUT2D eigenvalue weighted by atomic mass is 16.3. The molecule has 0 aromatic heterocycles. The maximum absolute atomic E-state index is 10.2. The van der Waals surface area contributed by atoms with Crippen LogP contribution >= 0.6 is 0 Å². The van der Waals surface area contributed by atoms with Crippen LogP contribution < -0.4 is 5.32 Å². The molecule has 2 atom stereocenters. The normalized spacial score (nSPS) is 22.1. The predicted octanol–water partition coefficient (Wildman–Crippen LogP) is 2.64. The largest absolute Gasteiger partial charge is 0.391 e. The topological polar surface area (TPSA) is 32.3 Å². The van der Waals surface area contributed by atoms with Gasteiger partial charge in [0.15, 0.2) is 0 Å². The van der Waals surface area contributed by atoms with Crippen LogP contribution in [0.1, 0.15) is 44.7 Å². The van der Waals surface area contributed by atoms with Crippen molar-refractivity contribution in [2.75, 3.05) is 6.54 Å². The van der Waals surface area contributed by atoms with Crippen LogP contribution in [-0.2, 0) is 11.8 Å². The Bertz CT molecular complexity index is 371. The summed E-state index contributed by atoms with van der Waals surface area (Å²) >= 11 is 0. The molecule has 0 bridgehead atoms. The molecule has 2 heteroatoms. The summed E-state index contributed by atoms with van der Waals surface area (Å²) < 4.78 is 0. The Morgan fingerprint density at radius 1 is 1.28 bits per heavy atom. The zero-order valence-corrected chi connectivity index (χ0v) is 11.7. The van der Waals surface area contributed by atoms with Crippen molar-refractivity contribution in [1.82, 2.24) is 5.32 Å². The molecule has 1 aromatic rings. The zero-order chi connectivity index (χ0) is 13.2. The number of hydrogen-bond acceptors (Lipinski definition) is 2. The van der Waals surface area contributed by atoms with Crippen molar-refractivity contribution in [3.63, 3.8) is 0 Å². The van der Waals surface area contributed by atoms with E-state index in [-0.39, 0.29) is 17.6 Å². The summed E-state index contributed by atoms with van der Waals surface area (Å²) in [6.07, 6.45) is 2.78. The minimum atomic E-state index is -0.256. The number of benzene rings is 1. The molecule has 18 heavy (non-hydrogen) atoms. The van der Waals surface area contributed by atoms with E-state index < -0.39 is 0 Å². The van der Waals surface area contributed by atoms with Crippen LogP contribution in [0.5, 0.6) is 0 Å².